The summed E-state index contributed by atoms with van der Waals surface area (Å²) in [4.78, 5) is 2.85. The molecule has 2 aromatic rings. The van der Waals surface area contributed by atoms with Crippen molar-refractivity contribution >= 4 is 16.7 Å². The molecule has 1 atom stereocenters. The van der Waals surface area contributed by atoms with Crippen LogP contribution in [0.15, 0.2) is 12.1 Å². The molecule has 0 saturated carbocycles. The number of anilines is 1. The standard InChI is InChI=1S/C17H23F4N5O/c1-10(8-17(19,20)21)25-4-2-11(3-5-25)9-27-12-6-13(18)15-14(7-12)26(23)24-16(15)22/h6-7,10-11H,2-5,8-9,23H2,1H3,(H2,22,24). The first-order valence-electron chi connectivity index (χ1n) is 8.80. The van der Waals surface area contributed by atoms with Crippen LogP contribution in [0.2, 0.25) is 0 Å². The van der Waals surface area contributed by atoms with Gasteiger partial charge < -0.3 is 21.2 Å². The van der Waals surface area contributed by atoms with Gasteiger partial charge in [0.25, 0.3) is 0 Å². The zero-order chi connectivity index (χ0) is 19.8. The van der Waals surface area contributed by atoms with Crippen LogP contribution < -0.4 is 16.3 Å². The highest BCUT2D eigenvalue weighted by atomic mass is 19.4. The highest BCUT2D eigenvalue weighted by Gasteiger charge is 2.33. The van der Waals surface area contributed by atoms with Gasteiger partial charge in [-0.25, -0.2) is 4.39 Å². The highest BCUT2D eigenvalue weighted by Crippen LogP contribution is 2.30. The van der Waals surface area contributed by atoms with E-state index < -0.39 is 24.5 Å². The van der Waals surface area contributed by atoms with Crippen LogP contribution >= 0.6 is 0 Å². The number of aromatic nitrogens is 2. The Balaban J connectivity index is 1.55. The van der Waals surface area contributed by atoms with Crippen molar-refractivity contribution < 1.29 is 22.3 Å². The summed E-state index contributed by atoms with van der Waals surface area (Å²) >= 11 is 0. The smallest absolute Gasteiger partial charge is 0.390 e. The van der Waals surface area contributed by atoms with E-state index in [0.717, 1.165) is 17.6 Å². The monoisotopic (exact) mass is 389 g/mol. The summed E-state index contributed by atoms with van der Waals surface area (Å²) in [5, 5.41) is 3.93. The van der Waals surface area contributed by atoms with E-state index >= 15 is 0 Å². The van der Waals surface area contributed by atoms with Gasteiger partial charge in [-0.2, -0.15) is 18.0 Å². The quantitative estimate of drug-likeness (QED) is 0.607. The van der Waals surface area contributed by atoms with Crippen molar-refractivity contribution in [3.05, 3.63) is 17.9 Å². The predicted molar refractivity (Wildman–Crippen MR) is 94.2 cm³/mol. The number of likely N-dealkylation sites (tertiary alicyclic amines) is 1. The normalized spacial score (nSPS) is 18.1. The maximum Gasteiger partial charge on any atom is 0.390 e. The molecule has 1 fully saturated rings. The Morgan fingerprint density at radius 2 is 1.96 bits per heavy atom. The Bertz CT molecular complexity index is 799. The van der Waals surface area contributed by atoms with Crippen LogP contribution in [0, 0.1) is 11.7 Å². The molecule has 0 radical (unpaired) electrons. The fourth-order valence-electron chi connectivity index (χ4n) is 3.54. The molecule has 1 saturated heterocycles. The highest BCUT2D eigenvalue weighted by molar-refractivity contribution is 5.90. The molecular weight excluding hydrogens is 366 g/mol. The van der Waals surface area contributed by atoms with E-state index in [1.54, 1.807) is 13.0 Å². The lowest BCUT2D eigenvalue weighted by Gasteiger charge is -2.36. The second-order valence-corrected chi connectivity index (χ2v) is 7.09. The minimum atomic E-state index is -4.15. The fraction of sp³-hybridized carbons (Fsp3) is 0.588. The number of benzene rings is 1. The lowest BCUT2D eigenvalue weighted by molar-refractivity contribution is -0.147. The van der Waals surface area contributed by atoms with Crippen molar-refractivity contribution in [1.29, 1.82) is 0 Å². The Hall–Kier alpha value is -2.23. The number of halogens is 4. The van der Waals surface area contributed by atoms with Crippen molar-refractivity contribution in [2.24, 2.45) is 5.92 Å². The number of nitrogens with two attached hydrogens (primary N) is 2. The van der Waals surface area contributed by atoms with Gasteiger partial charge in [0.15, 0.2) is 5.82 Å². The number of nitrogen functional groups attached to an aromatic ring is 2. The van der Waals surface area contributed by atoms with E-state index in [0.29, 0.717) is 31.0 Å². The Labute approximate surface area is 154 Å². The van der Waals surface area contributed by atoms with E-state index in [1.807, 2.05) is 4.90 Å². The maximum absolute atomic E-state index is 14.2. The number of ether oxygens (including phenoxy) is 1. The molecule has 0 aliphatic carbocycles. The molecule has 1 aromatic carbocycles. The molecule has 4 N–H and O–H groups in total. The number of hydrogen-bond acceptors (Lipinski definition) is 5. The van der Waals surface area contributed by atoms with E-state index in [1.165, 1.54) is 6.07 Å². The first kappa shape index (κ1) is 19.5. The van der Waals surface area contributed by atoms with Crippen LogP contribution in [0.3, 0.4) is 0 Å². The number of fused-ring (bicyclic) bond motifs is 1. The molecule has 10 heteroatoms. The van der Waals surface area contributed by atoms with Gasteiger partial charge in [0.05, 0.1) is 18.4 Å². The predicted octanol–water partition coefficient (Wildman–Crippen LogP) is 2.90. The Kier molecular flexibility index (Phi) is 5.36. The third kappa shape index (κ3) is 4.55. The Morgan fingerprint density at radius 1 is 1.30 bits per heavy atom. The summed E-state index contributed by atoms with van der Waals surface area (Å²) < 4.78 is 57.5. The summed E-state index contributed by atoms with van der Waals surface area (Å²) in [6, 6.07) is 2.28. The number of rotatable bonds is 5. The molecule has 1 aromatic heterocycles. The molecular formula is C17H23F4N5O. The van der Waals surface area contributed by atoms with Crippen molar-refractivity contribution in [1.82, 2.24) is 14.8 Å². The lowest BCUT2D eigenvalue weighted by Crippen LogP contribution is -2.42. The van der Waals surface area contributed by atoms with Crippen LogP contribution in [-0.2, 0) is 0 Å². The summed E-state index contributed by atoms with van der Waals surface area (Å²) in [5.41, 5.74) is 5.96. The molecule has 1 aliphatic heterocycles. The van der Waals surface area contributed by atoms with Gasteiger partial charge >= 0.3 is 6.18 Å². The second kappa shape index (κ2) is 7.41. The van der Waals surface area contributed by atoms with Crippen molar-refractivity contribution in [3.8, 4) is 5.75 Å². The fourth-order valence-corrected chi connectivity index (χ4v) is 3.54. The second-order valence-electron chi connectivity index (χ2n) is 7.09. The average molecular weight is 389 g/mol. The minimum Gasteiger partial charge on any atom is -0.493 e. The average Bonchev–Trinajstić information content (AvgIpc) is 2.86. The van der Waals surface area contributed by atoms with E-state index in [-0.39, 0.29) is 17.1 Å². The molecule has 1 aliphatic rings. The summed E-state index contributed by atoms with van der Waals surface area (Å²) in [6.45, 7) is 3.14. The van der Waals surface area contributed by atoms with E-state index in [9.17, 15) is 17.6 Å². The van der Waals surface area contributed by atoms with Gasteiger partial charge in [0, 0.05) is 18.2 Å². The molecule has 2 heterocycles. The summed E-state index contributed by atoms with van der Waals surface area (Å²) in [5.74, 6) is 5.63. The zero-order valence-electron chi connectivity index (χ0n) is 15.0. The van der Waals surface area contributed by atoms with Gasteiger partial charge in [-0.1, -0.05) is 0 Å². The number of nitrogens with zero attached hydrogens (tertiary/aromatic N) is 3. The van der Waals surface area contributed by atoms with Crippen LogP contribution in [0.4, 0.5) is 23.4 Å². The lowest BCUT2D eigenvalue weighted by atomic mass is 9.96. The maximum atomic E-state index is 14.2. The molecule has 1 unspecified atom stereocenters. The SMILES string of the molecule is CC(CC(F)(F)F)N1CCC(COc2cc(F)c3c(N)nn(N)c3c2)CC1. The van der Waals surface area contributed by atoms with Crippen LogP contribution in [-0.4, -0.2) is 46.7 Å². The third-order valence-corrected chi connectivity index (χ3v) is 5.05. The van der Waals surface area contributed by atoms with Crippen LogP contribution in [0.1, 0.15) is 26.2 Å². The topological polar surface area (TPSA) is 82.3 Å². The number of hydrogen-bond donors (Lipinski definition) is 2. The largest absolute Gasteiger partial charge is 0.493 e. The third-order valence-electron chi connectivity index (χ3n) is 5.05. The van der Waals surface area contributed by atoms with Crippen molar-refractivity contribution in [2.75, 3.05) is 31.3 Å². The first-order valence-corrected chi connectivity index (χ1v) is 8.80. The van der Waals surface area contributed by atoms with Gasteiger partial charge in [-0.05, 0) is 38.8 Å². The first-order chi connectivity index (χ1) is 12.6. The van der Waals surface area contributed by atoms with Gasteiger partial charge in [0.2, 0.25) is 0 Å². The number of piperidine rings is 1. The van der Waals surface area contributed by atoms with E-state index in [4.69, 9.17) is 16.3 Å². The van der Waals surface area contributed by atoms with Gasteiger partial charge in [-0.15, -0.1) is 5.10 Å². The zero-order valence-corrected chi connectivity index (χ0v) is 15.0. The molecule has 0 bridgehead atoms. The van der Waals surface area contributed by atoms with Crippen LogP contribution in [0.5, 0.6) is 5.75 Å². The molecule has 3 rings (SSSR count). The molecule has 150 valence electrons. The van der Waals surface area contributed by atoms with E-state index in [2.05, 4.69) is 5.10 Å². The Morgan fingerprint density at radius 3 is 2.59 bits per heavy atom. The van der Waals surface area contributed by atoms with Crippen LogP contribution in [0.25, 0.3) is 10.9 Å². The number of alkyl halides is 3. The minimum absolute atomic E-state index is 0.0110. The van der Waals surface area contributed by atoms with Crippen molar-refractivity contribution in [2.45, 2.75) is 38.4 Å². The summed E-state index contributed by atoms with van der Waals surface area (Å²) in [7, 11) is 0. The summed E-state index contributed by atoms with van der Waals surface area (Å²) in [6.07, 6.45) is -3.49. The van der Waals surface area contributed by atoms with Crippen molar-refractivity contribution in [3.63, 3.8) is 0 Å². The van der Waals surface area contributed by atoms with Gasteiger partial charge in [-0.3, -0.25) is 0 Å². The molecule has 0 amide bonds. The molecule has 6 nitrogen and oxygen atoms in total. The van der Waals surface area contributed by atoms with Gasteiger partial charge in [0.1, 0.15) is 17.1 Å². The molecule has 27 heavy (non-hydrogen) atoms. The molecule has 0 spiro atoms.